The molecule has 3 rings (SSSR count). The second-order valence-corrected chi connectivity index (χ2v) is 4.81. The fraction of sp³-hybridized carbons (Fsp3) is 0.0714. The highest BCUT2D eigenvalue weighted by Crippen LogP contribution is 2.27. The van der Waals surface area contributed by atoms with Gasteiger partial charge in [-0.05, 0) is 24.4 Å². The molecule has 0 saturated carbocycles. The van der Waals surface area contributed by atoms with E-state index in [0.717, 1.165) is 16.5 Å². The van der Waals surface area contributed by atoms with Crippen LogP contribution in [0.5, 0.6) is 0 Å². The zero-order valence-corrected chi connectivity index (χ0v) is 10.1. The lowest BCUT2D eigenvalue weighted by molar-refractivity contribution is 0.101. The van der Waals surface area contributed by atoms with Crippen LogP contribution in [0.25, 0.3) is 11.0 Å². The lowest BCUT2D eigenvalue weighted by atomic mass is 10.1. The number of carbonyl (C=O) groups excluding carboxylic acids is 1. The molecule has 0 bridgehead atoms. The number of thiophene rings is 1. The van der Waals surface area contributed by atoms with Crippen molar-refractivity contribution in [3.8, 4) is 0 Å². The third kappa shape index (κ3) is 1.59. The van der Waals surface area contributed by atoms with Gasteiger partial charge >= 0.3 is 0 Å². The molecule has 2 aromatic heterocycles. The zero-order chi connectivity index (χ0) is 11.8. The molecule has 0 atom stereocenters. The van der Waals surface area contributed by atoms with E-state index in [1.54, 1.807) is 0 Å². The monoisotopic (exact) mass is 242 g/mol. The van der Waals surface area contributed by atoms with Crippen LogP contribution < -0.4 is 0 Å². The van der Waals surface area contributed by atoms with Crippen LogP contribution in [0, 0.1) is 6.92 Å². The standard InChI is InChI=1S/C14H10O2S/c1-9-10-5-2-3-6-11(10)16-14(9)13(15)12-7-4-8-17-12/h2-8H,1H3. The molecule has 17 heavy (non-hydrogen) atoms. The Hall–Kier alpha value is -1.87. The van der Waals surface area contributed by atoms with Gasteiger partial charge in [-0.1, -0.05) is 24.3 Å². The first kappa shape index (κ1) is 10.3. The molecule has 0 aliphatic carbocycles. The van der Waals surface area contributed by atoms with Crippen molar-refractivity contribution in [2.24, 2.45) is 0 Å². The molecule has 3 heteroatoms. The summed E-state index contributed by atoms with van der Waals surface area (Å²) in [4.78, 5) is 12.9. The van der Waals surface area contributed by atoms with E-state index in [2.05, 4.69) is 0 Å². The summed E-state index contributed by atoms with van der Waals surface area (Å²) in [6.07, 6.45) is 0. The largest absolute Gasteiger partial charge is 0.452 e. The fourth-order valence-corrected chi connectivity index (χ4v) is 2.57. The van der Waals surface area contributed by atoms with Crippen molar-refractivity contribution >= 4 is 28.1 Å². The van der Waals surface area contributed by atoms with Crippen LogP contribution in [0.2, 0.25) is 0 Å². The van der Waals surface area contributed by atoms with Gasteiger partial charge in [-0.25, -0.2) is 0 Å². The summed E-state index contributed by atoms with van der Waals surface area (Å²) in [5.74, 6) is 0.419. The molecular weight excluding hydrogens is 232 g/mol. The maximum Gasteiger partial charge on any atom is 0.238 e. The zero-order valence-electron chi connectivity index (χ0n) is 9.27. The van der Waals surface area contributed by atoms with E-state index >= 15 is 0 Å². The summed E-state index contributed by atoms with van der Waals surface area (Å²) < 4.78 is 5.64. The van der Waals surface area contributed by atoms with Gasteiger partial charge in [-0.2, -0.15) is 0 Å². The van der Waals surface area contributed by atoms with Gasteiger partial charge in [0.25, 0.3) is 0 Å². The summed E-state index contributed by atoms with van der Waals surface area (Å²) in [5.41, 5.74) is 1.68. The second kappa shape index (κ2) is 3.86. The number of fused-ring (bicyclic) bond motifs is 1. The van der Waals surface area contributed by atoms with Crippen LogP contribution in [0.4, 0.5) is 0 Å². The van der Waals surface area contributed by atoms with Crippen LogP contribution in [0.1, 0.15) is 21.0 Å². The molecule has 0 aliphatic heterocycles. The topological polar surface area (TPSA) is 30.2 Å². The van der Waals surface area contributed by atoms with Gasteiger partial charge < -0.3 is 4.42 Å². The molecule has 0 radical (unpaired) electrons. The number of furan rings is 1. The molecule has 84 valence electrons. The van der Waals surface area contributed by atoms with Gasteiger partial charge in [0, 0.05) is 10.9 Å². The van der Waals surface area contributed by atoms with E-state index in [9.17, 15) is 4.79 Å². The Morgan fingerprint density at radius 2 is 2.00 bits per heavy atom. The Kier molecular flexibility index (Phi) is 2.34. The molecule has 0 aliphatic rings. The Bertz CT molecular complexity index is 677. The molecule has 0 spiro atoms. The Labute approximate surface area is 102 Å². The Balaban J connectivity index is 2.18. The third-order valence-electron chi connectivity index (χ3n) is 2.79. The minimum atomic E-state index is -0.0336. The highest BCUT2D eigenvalue weighted by Gasteiger charge is 2.19. The number of rotatable bonds is 2. The van der Waals surface area contributed by atoms with Crippen LogP contribution in [0.15, 0.2) is 46.2 Å². The number of hydrogen-bond donors (Lipinski definition) is 0. The van der Waals surface area contributed by atoms with Crippen LogP contribution >= 0.6 is 11.3 Å². The third-order valence-corrected chi connectivity index (χ3v) is 3.66. The number of ketones is 1. The molecule has 0 fully saturated rings. The molecule has 0 N–H and O–H groups in total. The normalized spacial score (nSPS) is 10.9. The summed E-state index contributed by atoms with van der Waals surface area (Å²) >= 11 is 1.43. The van der Waals surface area contributed by atoms with Crippen molar-refractivity contribution in [2.75, 3.05) is 0 Å². The number of aryl methyl sites for hydroxylation is 1. The quantitative estimate of drug-likeness (QED) is 0.635. The number of benzene rings is 1. The highest BCUT2D eigenvalue weighted by atomic mass is 32.1. The van der Waals surface area contributed by atoms with Gasteiger partial charge in [-0.15, -0.1) is 11.3 Å². The second-order valence-electron chi connectivity index (χ2n) is 3.86. The van der Waals surface area contributed by atoms with Gasteiger partial charge in [0.1, 0.15) is 5.58 Å². The Morgan fingerprint density at radius 3 is 2.71 bits per heavy atom. The minimum Gasteiger partial charge on any atom is -0.452 e. The molecule has 2 nitrogen and oxygen atoms in total. The van der Waals surface area contributed by atoms with E-state index in [1.807, 2.05) is 48.7 Å². The lowest BCUT2D eigenvalue weighted by Gasteiger charge is -1.94. The van der Waals surface area contributed by atoms with E-state index < -0.39 is 0 Å². The van der Waals surface area contributed by atoms with E-state index in [0.29, 0.717) is 10.6 Å². The fourth-order valence-electron chi connectivity index (χ4n) is 1.91. The Morgan fingerprint density at radius 1 is 1.18 bits per heavy atom. The summed E-state index contributed by atoms with van der Waals surface area (Å²) in [6, 6.07) is 11.4. The summed E-state index contributed by atoms with van der Waals surface area (Å²) in [5, 5.41) is 2.90. The van der Waals surface area contributed by atoms with E-state index in [1.165, 1.54) is 11.3 Å². The van der Waals surface area contributed by atoms with Crippen molar-refractivity contribution in [1.82, 2.24) is 0 Å². The van der Waals surface area contributed by atoms with Crippen molar-refractivity contribution in [2.45, 2.75) is 6.92 Å². The molecule has 0 amide bonds. The van der Waals surface area contributed by atoms with Crippen molar-refractivity contribution < 1.29 is 9.21 Å². The number of hydrogen-bond acceptors (Lipinski definition) is 3. The summed E-state index contributed by atoms with van der Waals surface area (Å²) in [7, 11) is 0. The van der Waals surface area contributed by atoms with Crippen LogP contribution in [-0.4, -0.2) is 5.78 Å². The minimum absolute atomic E-state index is 0.0336. The first-order valence-electron chi connectivity index (χ1n) is 5.33. The molecule has 3 aromatic rings. The number of para-hydroxylation sites is 1. The first-order valence-corrected chi connectivity index (χ1v) is 6.21. The number of carbonyl (C=O) groups is 1. The predicted molar refractivity (Wildman–Crippen MR) is 68.7 cm³/mol. The molecule has 0 saturated heterocycles. The summed E-state index contributed by atoms with van der Waals surface area (Å²) in [6.45, 7) is 1.92. The van der Waals surface area contributed by atoms with E-state index in [-0.39, 0.29) is 5.78 Å². The molecule has 2 heterocycles. The molecule has 0 unspecified atom stereocenters. The maximum atomic E-state index is 12.2. The van der Waals surface area contributed by atoms with Gasteiger partial charge in [-0.3, -0.25) is 4.79 Å². The van der Waals surface area contributed by atoms with E-state index in [4.69, 9.17) is 4.42 Å². The van der Waals surface area contributed by atoms with Gasteiger partial charge in [0.15, 0.2) is 5.76 Å². The predicted octanol–water partition coefficient (Wildman–Crippen LogP) is 4.03. The van der Waals surface area contributed by atoms with Crippen molar-refractivity contribution in [3.05, 3.63) is 58.0 Å². The average molecular weight is 242 g/mol. The highest BCUT2D eigenvalue weighted by molar-refractivity contribution is 7.12. The smallest absolute Gasteiger partial charge is 0.238 e. The van der Waals surface area contributed by atoms with Crippen molar-refractivity contribution in [1.29, 1.82) is 0 Å². The van der Waals surface area contributed by atoms with Gasteiger partial charge in [0.2, 0.25) is 5.78 Å². The van der Waals surface area contributed by atoms with Crippen LogP contribution in [-0.2, 0) is 0 Å². The van der Waals surface area contributed by atoms with Crippen molar-refractivity contribution in [3.63, 3.8) is 0 Å². The molecule has 1 aromatic carbocycles. The average Bonchev–Trinajstić information content (AvgIpc) is 2.97. The molecular formula is C14H10O2S. The SMILES string of the molecule is Cc1c(C(=O)c2cccs2)oc2ccccc12. The van der Waals surface area contributed by atoms with Crippen LogP contribution in [0.3, 0.4) is 0 Å². The first-order chi connectivity index (χ1) is 8.27. The maximum absolute atomic E-state index is 12.2. The lowest BCUT2D eigenvalue weighted by Crippen LogP contribution is -1.98. The van der Waals surface area contributed by atoms with Gasteiger partial charge in [0.05, 0.1) is 4.88 Å².